The number of benzene rings is 4. The minimum Gasteiger partial charge on any atom is -0.490 e. The van der Waals surface area contributed by atoms with Crippen molar-refractivity contribution in [1.29, 1.82) is 0 Å². The molecule has 43 heavy (non-hydrogen) atoms. The van der Waals surface area contributed by atoms with E-state index in [0.717, 1.165) is 15.6 Å². The highest BCUT2D eigenvalue weighted by molar-refractivity contribution is 9.10. The second-order valence-corrected chi connectivity index (χ2v) is 13.1. The molecule has 0 radical (unpaired) electrons. The summed E-state index contributed by atoms with van der Waals surface area (Å²) in [4.78, 5) is 13.0. The molecule has 0 saturated carbocycles. The molecule has 0 heterocycles. The van der Waals surface area contributed by atoms with Crippen LogP contribution in [0.2, 0.25) is 0 Å². The summed E-state index contributed by atoms with van der Waals surface area (Å²) in [6.07, 6.45) is 1.32. The maximum atomic E-state index is 13.1. The number of ether oxygens (including phenoxy) is 2. The van der Waals surface area contributed by atoms with E-state index in [9.17, 15) is 13.2 Å². The number of aryl methyl sites for hydroxylation is 1. The summed E-state index contributed by atoms with van der Waals surface area (Å²) in [6.45, 7) is 4.54. The second kappa shape index (κ2) is 15.3. The predicted molar refractivity (Wildman–Crippen MR) is 175 cm³/mol. The monoisotopic (exact) mass is 727 g/mol. The van der Waals surface area contributed by atoms with Crippen LogP contribution in [-0.4, -0.2) is 27.1 Å². The van der Waals surface area contributed by atoms with E-state index in [0.29, 0.717) is 40.3 Å². The molecule has 1 atom stereocenters. The quantitative estimate of drug-likeness (QED) is 0.113. The van der Waals surface area contributed by atoms with Gasteiger partial charge < -0.3 is 9.47 Å². The number of nitrogens with one attached hydrogen (secondary N) is 2. The first-order chi connectivity index (χ1) is 20.6. The summed E-state index contributed by atoms with van der Waals surface area (Å²) in [5, 5.41) is 4.10. The lowest BCUT2D eigenvalue weighted by atomic mass is 10.0. The molecular formula is C32H31Br2N3O5S. The highest BCUT2D eigenvalue weighted by Crippen LogP contribution is 2.37. The van der Waals surface area contributed by atoms with Gasteiger partial charge in [0.1, 0.15) is 6.61 Å². The Hall–Kier alpha value is -3.51. The van der Waals surface area contributed by atoms with Crippen LogP contribution in [0.4, 0.5) is 0 Å². The van der Waals surface area contributed by atoms with Crippen molar-refractivity contribution >= 4 is 54.0 Å². The van der Waals surface area contributed by atoms with Gasteiger partial charge in [0.25, 0.3) is 0 Å². The van der Waals surface area contributed by atoms with E-state index >= 15 is 0 Å². The van der Waals surface area contributed by atoms with Crippen molar-refractivity contribution in [3.8, 4) is 11.5 Å². The number of nitrogens with zero attached hydrogens (tertiary/aromatic N) is 1. The summed E-state index contributed by atoms with van der Waals surface area (Å²) in [6, 6.07) is 26.1. The number of carbonyl (C=O) groups is 1. The number of carbonyl (C=O) groups excluding carboxylic acids is 1. The van der Waals surface area contributed by atoms with Crippen molar-refractivity contribution in [1.82, 2.24) is 10.1 Å². The molecule has 0 aliphatic heterocycles. The summed E-state index contributed by atoms with van der Waals surface area (Å²) in [5.41, 5.74) is 5.76. The van der Waals surface area contributed by atoms with Gasteiger partial charge >= 0.3 is 0 Å². The van der Waals surface area contributed by atoms with Crippen LogP contribution in [0.5, 0.6) is 11.5 Å². The van der Waals surface area contributed by atoms with Crippen molar-refractivity contribution in [2.24, 2.45) is 5.10 Å². The van der Waals surface area contributed by atoms with Crippen molar-refractivity contribution in [3.63, 3.8) is 0 Å². The molecule has 4 aromatic carbocycles. The van der Waals surface area contributed by atoms with Crippen molar-refractivity contribution in [2.45, 2.75) is 37.8 Å². The molecule has 224 valence electrons. The fourth-order valence-electron chi connectivity index (χ4n) is 4.10. The van der Waals surface area contributed by atoms with Crippen LogP contribution in [0.15, 0.2) is 110 Å². The average Bonchev–Trinajstić information content (AvgIpc) is 2.98. The zero-order valence-corrected chi connectivity index (χ0v) is 27.6. The van der Waals surface area contributed by atoms with Gasteiger partial charge in [0.2, 0.25) is 15.9 Å². The van der Waals surface area contributed by atoms with Gasteiger partial charge in [0.05, 0.1) is 28.2 Å². The number of halogens is 2. The Morgan fingerprint density at radius 2 is 1.65 bits per heavy atom. The van der Waals surface area contributed by atoms with E-state index in [2.05, 4.69) is 47.1 Å². The van der Waals surface area contributed by atoms with Crippen LogP contribution >= 0.6 is 31.9 Å². The number of hydrazone groups is 1. The van der Waals surface area contributed by atoms with Gasteiger partial charge in [-0.05, 0) is 82.9 Å². The first kappa shape index (κ1) is 32.4. The van der Waals surface area contributed by atoms with Crippen LogP contribution in [-0.2, 0) is 21.4 Å². The van der Waals surface area contributed by atoms with Gasteiger partial charge in [0, 0.05) is 10.9 Å². The zero-order chi connectivity index (χ0) is 30.8. The van der Waals surface area contributed by atoms with E-state index in [1.165, 1.54) is 18.3 Å². The molecule has 4 aromatic rings. The molecule has 4 rings (SSSR count). The minimum absolute atomic E-state index is 0.123. The number of hydrogen-bond donors (Lipinski definition) is 2. The molecule has 0 fully saturated rings. The fourth-order valence-corrected chi connectivity index (χ4v) is 6.16. The largest absolute Gasteiger partial charge is 0.490 e. The lowest BCUT2D eigenvalue weighted by Gasteiger charge is -2.18. The van der Waals surface area contributed by atoms with E-state index < -0.39 is 22.0 Å². The van der Waals surface area contributed by atoms with Gasteiger partial charge in [-0.2, -0.15) is 5.10 Å². The van der Waals surface area contributed by atoms with Gasteiger partial charge in [-0.1, -0.05) is 76.1 Å². The van der Waals surface area contributed by atoms with Gasteiger partial charge in [-0.15, -0.1) is 0 Å². The van der Waals surface area contributed by atoms with Crippen molar-refractivity contribution in [2.75, 3.05) is 6.61 Å². The Morgan fingerprint density at radius 1 is 0.953 bits per heavy atom. The Bertz CT molecular complexity index is 1660. The second-order valence-electron chi connectivity index (χ2n) is 9.57. The van der Waals surface area contributed by atoms with E-state index in [1.807, 2.05) is 44.2 Å². The van der Waals surface area contributed by atoms with Crippen LogP contribution in [0.3, 0.4) is 0 Å². The summed E-state index contributed by atoms with van der Waals surface area (Å²) in [5.74, 6) is 0.615. The molecule has 0 spiro atoms. The highest BCUT2D eigenvalue weighted by Gasteiger charge is 2.24. The van der Waals surface area contributed by atoms with E-state index in [4.69, 9.17) is 9.47 Å². The molecule has 11 heteroatoms. The highest BCUT2D eigenvalue weighted by atomic mass is 79.9. The number of amides is 1. The molecule has 0 aromatic heterocycles. The topological polar surface area (TPSA) is 106 Å². The first-order valence-corrected chi connectivity index (χ1v) is 16.5. The van der Waals surface area contributed by atoms with Crippen LogP contribution in [0, 0.1) is 6.92 Å². The minimum atomic E-state index is -3.88. The van der Waals surface area contributed by atoms with Crippen LogP contribution < -0.4 is 19.6 Å². The number of rotatable bonds is 13. The average molecular weight is 729 g/mol. The number of hydrogen-bond acceptors (Lipinski definition) is 6. The maximum absolute atomic E-state index is 13.1. The fraction of sp³-hybridized carbons (Fsp3) is 0.188. The summed E-state index contributed by atoms with van der Waals surface area (Å²) < 4.78 is 42.4. The third kappa shape index (κ3) is 9.49. The third-order valence-electron chi connectivity index (χ3n) is 6.25. The molecule has 0 unspecified atom stereocenters. The molecular weight excluding hydrogens is 698 g/mol. The molecule has 0 aliphatic rings. The molecule has 0 aliphatic carbocycles. The van der Waals surface area contributed by atoms with E-state index in [1.54, 1.807) is 48.5 Å². The SMILES string of the molecule is CCOc1cc(/C=N\NC(=O)C[C@@H](NS(=O)(=O)c2ccc(C)cc2)c2ccccc2)cc(Br)c1OCc1ccc(Br)cc1. The third-order valence-corrected chi connectivity index (χ3v) is 8.86. The standard InChI is InChI=1S/C32H31Br2N3O5S/c1-3-41-30-18-24(17-28(34)32(30)42-21-23-11-13-26(33)14-12-23)20-35-36-31(38)19-29(25-7-5-4-6-8-25)37-43(39,40)27-15-9-22(2)10-16-27/h4-18,20,29,37H,3,19,21H2,1-2H3,(H,36,38)/b35-20-/t29-/m1/s1. The predicted octanol–water partition coefficient (Wildman–Crippen LogP) is 7.06. The first-order valence-electron chi connectivity index (χ1n) is 13.4. The van der Waals surface area contributed by atoms with Crippen molar-refractivity contribution < 1.29 is 22.7 Å². The zero-order valence-electron chi connectivity index (χ0n) is 23.6. The Labute approximate surface area is 268 Å². The van der Waals surface area contributed by atoms with Gasteiger partial charge in [0.15, 0.2) is 11.5 Å². The lowest BCUT2D eigenvalue weighted by molar-refractivity contribution is -0.121. The van der Waals surface area contributed by atoms with Crippen LogP contribution in [0.1, 0.15) is 41.6 Å². The molecule has 0 bridgehead atoms. The molecule has 0 saturated heterocycles. The van der Waals surface area contributed by atoms with Gasteiger partial charge in [-0.25, -0.2) is 18.6 Å². The normalized spacial score (nSPS) is 12.2. The summed E-state index contributed by atoms with van der Waals surface area (Å²) >= 11 is 6.99. The Kier molecular flexibility index (Phi) is 11.5. The Balaban J connectivity index is 1.44. The Morgan fingerprint density at radius 3 is 2.33 bits per heavy atom. The van der Waals surface area contributed by atoms with E-state index in [-0.39, 0.29) is 11.3 Å². The maximum Gasteiger partial charge on any atom is 0.242 e. The smallest absolute Gasteiger partial charge is 0.242 e. The summed E-state index contributed by atoms with van der Waals surface area (Å²) in [7, 11) is -3.88. The lowest BCUT2D eigenvalue weighted by Crippen LogP contribution is -2.32. The number of sulfonamides is 1. The van der Waals surface area contributed by atoms with Gasteiger partial charge in [-0.3, -0.25) is 4.79 Å². The molecule has 2 N–H and O–H groups in total. The van der Waals surface area contributed by atoms with Crippen LogP contribution in [0.25, 0.3) is 0 Å². The van der Waals surface area contributed by atoms with Crippen molar-refractivity contribution in [3.05, 3.63) is 122 Å². The molecule has 8 nitrogen and oxygen atoms in total. The molecule has 1 amide bonds.